The molecule has 0 aliphatic carbocycles. The van der Waals surface area contributed by atoms with E-state index in [1.165, 1.54) is 22.3 Å². The van der Waals surface area contributed by atoms with Crippen LogP contribution in [0.4, 0.5) is 0 Å². The summed E-state index contributed by atoms with van der Waals surface area (Å²) >= 11 is 0. The molecule has 0 aliphatic heterocycles. The monoisotopic (exact) mass is 403 g/mol. The third-order valence-electron chi connectivity index (χ3n) is 5.60. The molecule has 3 nitrogen and oxygen atoms in total. The molecule has 2 aromatic carbocycles. The third kappa shape index (κ3) is 5.63. The molecule has 1 heterocycles. The van der Waals surface area contributed by atoms with Gasteiger partial charge in [-0.25, -0.2) is 0 Å². The van der Waals surface area contributed by atoms with Crippen LogP contribution in [-0.2, 0) is 29.0 Å². The van der Waals surface area contributed by atoms with Gasteiger partial charge in [-0.3, -0.25) is 4.79 Å². The molecule has 0 spiro atoms. The second-order valence-corrected chi connectivity index (χ2v) is 8.46. The molecule has 3 aromatic rings. The van der Waals surface area contributed by atoms with E-state index in [1.807, 2.05) is 30.5 Å². The van der Waals surface area contributed by atoms with Crippen LogP contribution in [-0.4, -0.2) is 11.0 Å². The van der Waals surface area contributed by atoms with Crippen molar-refractivity contribution >= 4 is 5.97 Å². The van der Waals surface area contributed by atoms with Crippen molar-refractivity contribution in [2.75, 3.05) is 0 Å². The van der Waals surface area contributed by atoms with E-state index < -0.39 is 0 Å². The van der Waals surface area contributed by atoms with Gasteiger partial charge in [0.05, 0.1) is 11.6 Å². The Bertz CT molecular complexity index is 936. The zero-order chi connectivity index (χ0) is 21.5. The highest BCUT2D eigenvalue weighted by molar-refractivity contribution is 5.78. The van der Waals surface area contributed by atoms with E-state index in [9.17, 15) is 4.79 Å². The topological polar surface area (TPSA) is 42.1 Å². The molecule has 0 bridgehead atoms. The molecule has 3 heteroatoms. The number of hydrogen-bond acceptors (Lipinski definition) is 2. The van der Waals surface area contributed by atoms with Crippen LogP contribution in [0.1, 0.15) is 66.6 Å². The average molecular weight is 404 g/mol. The lowest BCUT2D eigenvalue weighted by Crippen LogP contribution is -2.21. The second kappa shape index (κ2) is 10.3. The highest BCUT2D eigenvalue weighted by Gasteiger charge is 2.26. The Hall–Kier alpha value is -2.81. The summed E-state index contributed by atoms with van der Waals surface area (Å²) in [6.45, 7) is 8.65. The molecular formula is C27H33NO2. The first-order chi connectivity index (χ1) is 14.5. The zero-order valence-electron chi connectivity index (χ0n) is 18.6. The molecule has 158 valence electrons. The van der Waals surface area contributed by atoms with Gasteiger partial charge in [0.1, 0.15) is 6.61 Å². The fourth-order valence-electron chi connectivity index (χ4n) is 3.87. The van der Waals surface area contributed by atoms with Gasteiger partial charge in [-0.05, 0) is 54.0 Å². The molecule has 0 saturated heterocycles. The van der Waals surface area contributed by atoms with E-state index in [2.05, 4.69) is 63.0 Å². The van der Waals surface area contributed by atoms with Gasteiger partial charge in [0, 0.05) is 6.20 Å². The lowest BCUT2D eigenvalue weighted by molar-refractivity contribution is -0.148. The number of nitrogens with one attached hydrogen (secondary N) is 1. The SMILES string of the molecule is CCCc1ccc(Cc2cc[nH]c2COC(=O)C(c2ccc(C)cc2)C(C)C)cc1. The normalized spacial score (nSPS) is 12.2. The van der Waals surface area contributed by atoms with Gasteiger partial charge in [0.15, 0.2) is 0 Å². The fraction of sp³-hybridized carbons (Fsp3) is 0.370. The van der Waals surface area contributed by atoms with Crippen LogP contribution in [0.15, 0.2) is 60.8 Å². The number of benzene rings is 2. The van der Waals surface area contributed by atoms with Crippen LogP contribution < -0.4 is 0 Å². The molecule has 1 atom stereocenters. The van der Waals surface area contributed by atoms with E-state index in [1.54, 1.807) is 0 Å². The minimum absolute atomic E-state index is 0.168. The van der Waals surface area contributed by atoms with Crippen LogP contribution in [0.3, 0.4) is 0 Å². The average Bonchev–Trinajstić information content (AvgIpc) is 3.16. The molecule has 30 heavy (non-hydrogen) atoms. The van der Waals surface area contributed by atoms with Crippen molar-refractivity contribution in [3.05, 3.63) is 94.3 Å². The molecular weight excluding hydrogens is 370 g/mol. The summed E-state index contributed by atoms with van der Waals surface area (Å²) in [7, 11) is 0. The molecule has 0 amide bonds. The maximum atomic E-state index is 12.9. The van der Waals surface area contributed by atoms with Gasteiger partial charge in [-0.2, -0.15) is 0 Å². The Kier molecular flexibility index (Phi) is 7.51. The third-order valence-corrected chi connectivity index (χ3v) is 5.60. The van der Waals surface area contributed by atoms with Crippen molar-refractivity contribution in [2.45, 2.75) is 59.5 Å². The molecule has 1 N–H and O–H groups in total. The fourth-order valence-corrected chi connectivity index (χ4v) is 3.87. The number of aromatic amines is 1. The number of H-pyrrole nitrogens is 1. The Morgan fingerprint density at radius 3 is 2.27 bits per heavy atom. The highest BCUT2D eigenvalue weighted by atomic mass is 16.5. The van der Waals surface area contributed by atoms with Crippen molar-refractivity contribution in [3.8, 4) is 0 Å². The quantitative estimate of drug-likeness (QED) is 0.423. The number of carbonyl (C=O) groups is 1. The number of esters is 1. The summed E-state index contributed by atoms with van der Waals surface area (Å²) < 4.78 is 5.75. The first-order valence-corrected chi connectivity index (χ1v) is 10.9. The predicted octanol–water partition coefficient (Wildman–Crippen LogP) is 6.35. The van der Waals surface area contributed by atoms with E-state index >= 15 is 0 Å². The highest BCUT2D eigenvalue weighted by Crippen LogP contribution is 2.27. The van der Waals surface area contributed by atoms with Crippen LogP contribution in [0.5, 0.6) is 0 Å². The minimum Gasteiger partial charge on any atom is -0.459 e. The Labute approximate surface area is 180 Å². The van der Waals surface area contributed by atoms with E-state index in [4.69, 9.17) is 4.74 Å². The number of rotatable bonds is 9. The zero-order valence-corrected chi connectivity index (χ0v) is 18.6. The molecule has 1 aromatic heterocycles. The Morgan fingerprint density at radius 1 is 0.967 bits per heavy atom. The van der Waals surface area contributed by atoms with Crippen LogP contribution in [0.2, 0.25) is 0 Å². The Morgan fingerprint density at radius 2 is 1.63 bits per heavy atom. The summed E-state index contributed by atoms with van der Waals surface area (Å²) in [6, 6.07) is 19.0. The molecule has 3 rings (SSSR count). The number of ether oxygens (including phenoxy) is 1. The lowest BCUT2D eigenvalue weighted by atomic mass is 9.88. The van der Waals surface area contributed by atoms with Gasteiger partial charge in [0.2, 0.25) is 0 Å². The summed E-state index contributed by atoms with van der Waals surface area (Å²) in [5.74, 6) is -0.251. The molecule has 0 radical (unpaired) electrons. The van der Waals surface area contributed by atoms with Crippen LogP contribution in [0, 0.1) is 12.8 Å². The van der Waals surface area contributed by atoms with Crippen LogP contribution >= 0.6 is 0 Å². The minimum atomic E-state index is -0.255. The number of hydrogen-bond donors (Lipinski definition) is 1. The van der Waals surface area contributed by atoms with Gasteiger partial charge in [-0.1, -0.05) is 81.3 Å². The first kappa shape index (κ1) is 21.9. The summed E-state index contributed by atoms with van der Waals surface area (Å²) in [5, 5.41) is 0. The molecule has 0 aliphatic rings. The van der Waals surface area contributed by atoms with Crippen molar-refractivity contribution < 1.29 is 9.53 Å². The maximum absolute atomic E-state index is 12.9. The van der Waals surface area contributed by atoms with Crippen molar-refractivity contribution in [1.29, 1.82) is 0 Å². The van der Waals surface area contributed by atoms with Gasteiger partial charge >= 0.3 is 5.97 Å². The summed E-state index contributed by atoms with van der Waals surface area (Å²) in [5.41, 5.74) is 6.98. The standard InChI is InChI=1S/C27H33NO2/c1-5-6-21-9-11-22(12-10-21)17-24-15-16-28-25(24)18-30-27(29)26(19(2)3)23-13-7-20(4)8-14-23/h7-16,19,26,28H,5-6,17-18H2,1-4H3. The smallest absolute Gasteiger partial charge is 0.314 e. The maximum Gasteiger partial charge on any atom is 0.314 e. The number of aryl methyl sites for hydroxylation is 2. The van der Waals surface area contributed by atoms with Gasteiger partial charge < -0.3 is 9.72 Å². The van der Waals surface area contributed by atoms with Crippen molar-refractivity contribution in [1.82, 2.24) is 4.98 Å². The van der Waals surface area contributed by atoms with E-state index in [-0.39, 0.29) is 24.4 Å². The lowest BCUT2D eigenvalue weighted by Gasteiger charge is -2.20. The largest absolute Gasteiger partial charge is 0.459 e. The Balaban J connectivity index is 1.65. The molecule has 0 fully saturated rings. The van der Waals surface area contributed by atoms with E-state index in [0.717, 1.165) is 30.5 Å². The van der Waals surface area contributed by atoms with Gasteiger partial charge in [0.25, 0.3) is 0 Å². The molecule has 1 unspecified atom stereocenters. The van der Waals surface area contributed by atoms with E-state index in [0.29, 0.717) is 0 Å². The van der Waals surface area contributed by atoms with Crippen LogP contribution in [0.25, 0.3) is 0 Å². The molecule has 0 saturated carbocycles. The second-order valence-electron chi connectivity index (χ2n) is 8.46. The van der Waals surface area contributed by atoms with Crippen molar-refractivity contribution in [2.24, 2.45) is 5.92 Å². The summed E-state index contributed by atoms with van der Waals surface area (Å²) in [6.07, 6.45) is 5.02. The van der Waals surface area contributed by atoms with Crippen molar-refractivity contribution in [3.63, 3.8) is 0 Å². The van der Waals surface area contributed by atoms with Gasteiger partial charge in [-0.15, -0.1) is 0 Å². The predicted molar refractivity (Wildman–Crippen MR) is 123 cm³/mol. The number of carbonyl (C=O) groups excluding carboxylic acids is 1. The number of aromatic nitrogens is 1. The summed E-state index contributed by atoms with van der Waals surface area (Å²) in [4.78, 5) is 16.1. The first-order valence-electron chi connectivity index (χ1n) is 10.9.